The van der Waals surface area contributed by atoms with Crippen molar-refractivity contribution in [2.24, 2.45) is 12.8 Å². The highest BCUT2D eigenvalue weighted by molar-refractivity contribution is 7.91. The Hall–Kier alpha value is -0.960. The molecule has 0 saturated carbocycles. The number of hydrogen-bond donors (Lipinski definition) is 3. The Morgan fingerprint density at radius 1 is 1.50 bits per heavy atom. The van der Waals surface area contributed by atoms with Gasteiger partial charge in [-0.15, -0.1) is 0 Å². The van der Waals surface area contributed by atoms with Crippen molar-refractivity contribution in [3.63, 3.8) is 0 Å². The van der Waals surface area contributed by atoms with Crippen molar-refractivity contribution < 1.29 is 8.42 Å². The summed E-state index contributed by atoms with van der Waals surface area (Å²) in [6.07, 6.45) is 3.03. The van der Waals surface area contributed by atoms with Gasteiger partial charge in [-0.2, -0.15) is 0 Å². The van der Waals surface area contributed by atoms with Crippen LogP contribution in [-0.2, 0) is 16.9 Å². The Kier molecular flexibility index (Phi) is 6.32. The lowest BCUT2D eigenvalue weighted by molar-refractivity contribution is 0.579. The molecule has 7 nitrogen and oxygen atoms in total. The maximum Gasteiger partial charge on any atom is 0.227 e. The summed E-state index contributed by atoms with van der Waals surface area (Å²) in [6, 6.07) is 0. The van der Waals surface area contributed by atoms with Crippen LogP contribution in [0, 0.1) is 0 Å². The molecule has 0 bridgehead atoms. The minimum atomic E-state index is -3.27. The lowest BCUT2D eigenvalue weighted by atomic mass is 10.8. The van der Waals surface area contributed by atoms with Crippen molar-refractivity contribution in [3.05, 3.63) is 12.4 Å². The summed E-state index contributed by atoms with van der Waals surface area (Å²) in [5.74, 6) is -0.0577. The molecule has 14 heavy (non-hydrogen) atoms. The molecule has 0 amide bonds. The molecule has 8 heteroatoms. The standard InChI is InChI=1S/C6H11N3O2S.2H3N/c1-9-4-3-8-6(9)12(10,11)5-2-7;;/h3-4H,2,5,7H2,1H3;2*1H3. The number of nitrogens with two attached hydrogens (primary N) is 1. The van der Waals surface area contributed by atoms with Crippen LogP contribution in [-0.4, -0.2) is 30.3 Å². The first-order valence-corrected chi connectivity index (χ1v) is 5.13. The van der Waals surface area contributed by atoms with Gasteiger partial charge in [-0.05, 0) is 0 Å². The van der Waals surface area contributed by atoms with Crippen molar-refractivity contribution in [1.29, 1.82) is 0 Å². The number of nitrogens with zero attached hydrogens (tertiary/aromatic N) is 2. The van der Waals surface area contributed by atoms with Crippen molar-refractivity contribution >= 4 is 9.84 Å². The average Bonchev–Trinajstić information content (AvgIpc) is 2.35. The third kappa shape index (κ3) is 3.07. The van der Waals surface area contributed by atoms with Crippen molar-refractivity contribution in [1.82, 2.24) is 21.9 Å². The highest BCUT2D eigenvalue weighted by atomic mass is 32.2. The van der Waals surface area contributed by atoms with Crippen molar-refractivity contribution in [2.75, 3.05) is 12.3 Å². The number of rotatable bonds is 3. The van der Waals surface area contributed by atoms with E-state index in [2.05, 4.69) is 4.98 Å². The van der Waals surface area contributed by atoms with Gasteiger partial charge in [-0.3, -0.25) is 0 Å². The topological polar surface area (TPSA) is 148 Å². The molecule has 0 atom stereocenters. The Morgan fingerprint density at radius 2 is 2.07 bits per heavy atom. The summed E-state index contributed by atoms with van der Waals surface area (Å²) >= 11 is 0. The second-order valence-electron chi connectivity index (χ2n) is 2.43. The summed E-state index contributed by atoms with van der Waals surface area (Å²) < 4.78 is 24.2. The van der Waals surface area contributed by atoms with Crippen LogP contribution in [0.4, 0.5) is 0 Å². The van der Waals surface area contributed by atoms with E-state index in [1.54, 1.807) is 13.2 Å². The molecule has 1 heterocycles. The van der Waals surface area contributed by atoms with Gasteiger partial charge in [0.1, 0.15) is 0 Å². The normalized spacial score (nSPS) is 10.1. The number of sulfone groups is 1. The molecule has 0 radical (unpaired) electrons. The van der Waals surface area contributed by atoms with E-state index in [9.17, 15) is 8.42 Å². The van der Waals surface area contributed by atoms with Crippen LogP contribution in [0.5, 0.6) is 0 Å². The lowest BCUT2D eigenvalue weighted by Crippen LogP contribution is -2.18. The molecular formula is C6H17N5O2S. The Balaban J connectivity index is 0. The van der Waals surface area contributed by atoms with Crippen LogP contribution < -0.4 is 18.0 Å². The van der Waals surface area contributed by atoms with Gasteiger partial charge in [0.2, 0.25) is 15.0 Å². The fraction of sp³-hybridized carbons (Fsp3) is 0.500. The summed E-state index contributed by atoms with van der Waals surface area (Å²) in [6.45, 7) is 0.120. The van der Waals surface area contributed by atoms with Crippen LogP contribution in [0.15, 0.2) is 17.6 Å². The number of imidazole rings is 1. The minimum absolute atomic E-state index is 0. The highest BCUT2D eigenvalue weighted by Gasteiger charge is 2.17. The summed E-state index contributed by atoms with van der Waals surface area (Å²) in [7, 11) is -1.64. The molecule has 0 unspecified atom stereocenters. The van der Waals surface area contributed by atoms with Gasteiger partial charge in [0, 0.05) is 26.0 Å². The van der Waals surface area contributed by atoms with Gasteiger partial charge in [-0.1, -0.05) is 0 Å². The van der Waals surface area contributed by atoms with E-state index >= 15 is 0 Å². The molecule has 0 aliphatic heterocycles. The van der Waals surface area contributed by atoms with Crippen LogP contribution in [0.1, 0.15) is 0 Å². The van der Waals surface area contributed by atoms with Gasteiger partial charge in [0.25, 0.3) is 0 Å². The molecule has 8 N–H and O–H groups in total. The summed E-state index contributed by atoms with van der Waals surface area (Å²) in [5, 5.41) is 0.0768. The smallest absolute Gasteiger partial charge is 0.227 e. The SMILES string of the molecule is Cn1ccnc1S(=O)(=O)CCN.N.N. The van der Waals surface area contributed by atoms with E-state index in [0.29, 0.717) is 0 Å². The Morgan fingerprint density at radius 3 is 2.43 bits per heavy atom. The van der Waals surface area contributed by atoms with Crippen LogP contribution in [0.25, 0.3) is 0 Å². The second-order valence-corrected chi connectivity index (χ2v) is 4.43. The summed E-state index contributed by atoms with van der Waals surface area (Å²) in [4.78, 5) is 3.73. The predicted molar refractivity (Wildman–Crippen MR) is 54.4 cm³/mol. The quantitative estimate of drug-likeness (QED) is 0.627. The van der Waals surface area contributed by atoms with Gasteiger partial charge in [-0.25, -0.2) is 13.4 Å². The third-order valence-electron chi connectivity index (χ3n) is 1.44. The van der Waals surface area contributed by atoms with Crippen molar-refractivity contribution in [2.45, 2.75) is 5.16 Å². The molecule has 1 aromatic rings. The molecule has 0 saturated heterocycles. The minimum Gasteiger partial charge on any atom is -0.344 e. The molecule has 0 aliphatic rings. The molecule has 0 spiro atoms. The van der Waals surface area contributed by atoms with E-state index in [1.165, 1.54) is 10.8 Å². The first-order valence-electron chi connectivity index (χ1n) is 3.48. The average molecular weight is 223 g/mol. The molecule has 1 aromatic heterocycles. The zero-order chi connectivity index (χ0) is 9.19. The van der Waals surface area contributed by atoms with Gasteiger partial charge >= 0.3 is 0 Å². The summed E-state index contributed by atoms with van der Waals surface area (Å²) in [5.41, 5.74) is 5.15. The first kappa shape index (κ1) is 15.5. The lowest BCUT2D eigenvalue weighted by Gasteiger charge is -2.00. The maximum atomic E-state index is 11.4. The highest BCUT2D eigenvalue weighted by Crippen LogP contribution is 2.05. The molecule has 0 fully saturated rings. The number of aryl methyl sites for hydroxylation is 1. The van der Waals surface area contributed by atoms with Gasteiger partial charge in [0.05, 0.1) is 5.75 Å². The fourth-order valence-corrected chi connectivity index (χ4v) is 2.11. The van der Waals surface area contributed by atoms with Gasteiger partial charge < -0.3 is 22.6 Å². The zero-order valence-corrected chi connectivity index (χ0v) is 9.00. The van der Waals surface area contributed by atoms with Crippen LogP contribution in [0.3, 0.4) is 0 Å². The van der Waals surface area contributed by atoms with E-state index in [0.717, 1.165) is 0 Å². The molecule has 1 rings (SSSR count). The molecule has 0 aromatic carbocycles. The Labute approximate surface area is 83.4 Å². The van der Waals surface area contributed by atoms with Crippen LogP contribution in [0.2, 0.25) is 0 Å². The first-order chi connectivity index (χ1) is 5.58. The van der Waals surface area contributed by atoms with E-state index < -0.39 is 9.84 Å². The number of aromatic nitrogens is 2. The van der Waals surface area contributed by atoms with Crippen molar-refractivity contribution in [3.8, 4) is 0 Å². The predicted octanol–water partition coefficient (Wildman–Crippen LogP) is -0.523. The van der Waals surface area contributed by atoms with Crippen LogP contribution >= 0.6 is 0 Å². The molecule has 84 valence electrons. The second kappa shape index (κ2) is 5.70. The molecular weight excluding hydrogens is 206 g/mol. The maximum absolute atomic E-state index is 11.4. The third-order valence-corrected chi connectivity index (χ3v) is 3.16. The van der Waals surface area contributed by atoms with E-state index in [-0.39, 0.29) is 29.8 Å². The molecule has 0 aliphatic carbocycles. The zero-order valence-electron chi connectivity index (χ0n) is 8.18. The number of hydrogen-bond acceptors (Lipinski definition) is 6. The monoisotopic (exact) mass is 223 g/mol. The van der Waals surface area contributed by atoms with Gasteiger partial charge in [0.15, 0.2) is 0 Å². The van der Waals surface area contributed by atoms with E-state index in [1.807, 2.05) is 0 Å². The fourth-order valence-electron chi connectivity index (χ4n) is 0.898. The Bertz CT molecular complexity index is 358. The van der Waals surface area contributed by atoms with E-state index in [4.69, 9.17) is 5.73 Å². The largest absolute Gasteiger partial charge is 0.344 e.